The van der Waals surface area contributed by atoms with Gasteiger partial charge in [0.05, 0.1) is 34.2 Å². The molecule has 3 N–H and O–H groups in total. The number of amides is 1. The van der Waals surface area contributed by atoms with Gasteiger partial charge in [-0.05, 0) is 55.2 Å². The molecule has 0 spiro atoms. The molecule has 0 atom stereocenters. The summed E-state index contributed by atoms with van der Waals surface area (Å²) in [5, 5.41) is 9.90. The normalized spacial score (nSPS) is 13.5. The van der Waals surface area contributed by atoms with E-state index < -0.39 is 21.5 Å². The number of nitrogens with one attached hydrogen (secondary N) is 3. The standard InChI is InChI=1S/C30H24F2N8O3S/c1-44(42,43)7-5-15-8-17(10-19(31)9-15)25-26-22(4-6-34-25)37-29(38-26)27-23-24(32)21(14-35-28(23)40-39-27)18-11-20(13-33-12-18)36-30(41)16-2-3-16/h4,6,8-14,16H,2-3,5,7H2,1H3,(H,36,41)(H,37,38)(H,35,39,40). The van der Waals surface area contributed by atoms with Crippen molar-refractivity contribution in [2.24, 2.45) is 5.92 Å². The molecule has 5 aromatic heterocycles. The molecule has 0 bridgehead atoms. The Morgan fingerprint density at radius 3 is 2.70 bits per heavy atom. The smallest absolute Gasteiger partial charge is 0.227 e. The quantitative estimate of drug-likeness (QED) is 0.220. The van der Waals surface area contributed by atoms with Crippen LogP contribution in [0.1, 0.15) is 18.4 Å². The van der Waals surface area contributed by atoms with E-state index in [1.54, 1.807) is 18.2 Å². The van der Waals surface area contributed by atoms with Crippen molar-refractivity contribution in [2.75, 3.05) is 17.3 Å². The fraction of sp³-hybridized carbons (Fsp3) is 0.200. The summed E-state index contributed by atoms with van der Waals surface area (Å²) in [4.78, 5) is 33.0. The van der Waals surface area contributed by atoms with Crippen molar-refractivity contribution >= 4 is 43.5 Å². The maximum atomic E-state index is 16.2. The number of hydrogen-bond acceptors (Lipinski definition) is 8. The van der Waals surface area contributed by atoms with Crippen molar-refractivity contribution in [3.8, 4) is 33.9 Å². The van der Waals surface area contributed by atoms with E-state index in [0.29, 0.717) is 39.1 Å². The van der Waals surface area contributed by atoms with Gasteiger partial charge in [0.15, 0.2) is 11.5 Å². The van der Waals surface area contributed by atoms with Crippen LogP contribution in [0.15, 0.2) is 55.1 Å². The predicted molar refractivity (Wildman–Crippen MR) is 160 cm³/mol. The Kier molecular flexibility index (Phi) is 6.65. The number of benzene rings is 1. The lowest BCUT2D eigenvalue weighted by Crippen LogP contribution is -2.13. The Bertz CT molecular complexity index is 2210. The molecule has 11 nitrogen and oxygen atoms in total. The monoisotopic (exact) mass is 614 g/mol. The first-order valence-electron chi connectivity index (χ1n) is 13.7. The van der Waals surface area contributed by atoms with Gasteiger partial charge < -0.3 is 10.3 Å². The van der Waals surface area contributed by atoms with Gasteiger partial charge in [-0.2, -0.15) is 5.10 Å². The Morgan fingerprint density at radius 2 is 1.91 bits per heavy atom. The van der Waals surface area contributed by atoms with Gasteiger partial charge in [-0.1, -0.05) is 0 Å². The minimum absolute atomic E-state index is 0.00395. The number of carbonyl (C=O) groups is 1. The topological polar surface area (TPSA) is 159 Å². The number of aromatic nitrogens is 7. The van der Waals surface area contributed by atoms with E-state index in [1.165, 1.54) is 36.9 Å². The van der Waals surface area contributed by atoms with Gasteiger partial charge in [0.1, 0.15) is 32.7 Å². The zero-order valence-electron chi connectivity index (χ0n) is 23.2. The van der Waals surface area contributed by atoms with Crippen LogP contribution in [0.25, 0.3) is 56.0 Å². The van der Waals surface area contributed by atoms with Gasteiger partial charge in [0.2, 0.25) is 5.91 Å². The summed E-state index contributed by atoms with van der Waals surface area (Å²) >= 11 is 0. The molecule has 1 aliphatic rings. The molecule has 1 aliphatic carbocycles. The largest absolute Gasteiger partial charge is 0.337 e. The summed E-state index contributed by atoms with van der Waals surface area (Å²) in [6.07, 6.45) is 8.86. The number of rotatable bonds is 8. The lowest BCUT2D eigenvalue weighted by atomic mass is 10.0. The van der Waals surface area contributed by atoms with Crippen LogP contribution in [0.3, 0.4) is 0 Å². The van der Waals surface area contributed by atoms with Crippen molar-refractivity contribution in [1.82, 2.24) is 35.1 Å². The van der Waals surface area contributed by atoms with Crippen molar-refractivity contribution in [3.63, 3.8) is 0 Å². The zero-order chi connectivity index (χ0) is 30.6. The number of aryl methyl sites for hydroxylation is 1. The fourth-order valence-corrected chi connectivity index (χ4v) is 5.68. The Labute approximate surface area is 249 Å². The van der Waals surface area contributed by atoms with Crippen LogP contribution in [0.5, 0.6) is 0 Å². The first-order chi connectivity index (χ1) is 21.1. The number of fused-ring (bicyclic) bond motifs is 2. The number of aromatic amines is 2. The summed E-state index contributed by atoms with van der Waals surface area (Å²) in [7, 11) is -3.24. The second-order valence-electron chi connectivity index (χ2n) is 10.9. The van der Waals surface area contributed by atoms with Crippen LogP contribution < -0.4 is 5.32 Å². The van der Waals surface area contributed by atoms with E-state index in [1.807, 2.05) is 0 Å². The lowest BCUT2D eigenvalue weighted by Gasteiger charge is -2.08. The van der Waals surface area contributed by atoms with Gasteiger partial charge in [0, 0.05) is 47.5 Å². The summed E-state index contributed by atoms with van der Waals surface area (Å²) in [6.45, 7) is 0. The van der Waals surface area contributed by atoms with E-state index in [9.17, 15) is 17.6 Å². The van der Waals surface area contributed by atoms with Crippen molar-refractivity contribution in [3.05, 3.63) is 72.3 Å². The molecule has 1 saturated carbocycles. The van der Waals surface area contributed by atoms with E-state index in [0.717, 1.165) is 19.1 Å². The van der Waals surface area contributed by atoms with Crippen LogP contribution >= 0.6 is 0 Å². The molecule has 0 radical (unpaired) electrons. The molecule has 44 heavy (non-hydrogen) atoms. The molecule has 1 amide bonds. The average Bonchev–Trinajstić information content (AvgIpc) is 3.60. The average molecular weight is 615 g/mol. The number of H-pyrrole nitrogens is 2. The maximum absolute atomic E-state index is 16.2. The minimum atomic E-state index is -3.24. The highest BCUT2D eigenvalue weighted by Crippen LogP contribution is 2.35. The summed E-state index contributed by atoms with van der Waals surface area (Å²) in [5.74, 6) is -1.09. The maximum Gasteiger partial charge on any atom is 0.227 e. The van der Waals surface area contributed by atoms with Crippen LogP contribution in [0.4, 0.5) is 14.5 Å². The summed E-state index contributed by atoms with van der Waals surface area (Å²) < 4.78 is 54.1. The van der Waals surface area contributed by atoms with Gasteiger partial charge in [-0.3, -0.25) is 19.9 Å². The molecule has 0 saturated heterocycles. The molecule has 14 heteroatoms. The minimum Gasteiger partial charge on any atom is -0.337 e. The van der Waals surface area contributed by atoms with Crippen molar-refractivity contribution in [2.45, 2.75) is 19.3 Å². The molecule has 0 aliphatic heterocycles. The van der Waals surface area contributed by atoms with Crippen LogP contribution in [0, 0.1) is 17.6 Å². The van der Waals surface area contributed by atoms with Gasteiger partial charge in [-0.15, -0.1) is 0 Å². The SMILES string of the molecule is CS(=O)(=O)CCc1cc(F)cc(-c2nccc3[nH]c(-c4[nH]nc5ncc(-c6cncc(NC(=O)C7CC7)c6)c(F)c45)nc23)c1. The summed E-state index contributed by atoms with van der Waals surface area (Å²) in [5.41, 5.74) is 3.67. The Balaban J connectivity index is 1.27. The van der Waals surface area contributed by atoms with Crippen molar-refractivity contribution < 1.29 is 22.0 Å². The first-order valence-corrected chi connectivity index (χ1v) is 15.8. The predicted octanol–water partition coefficient (Wildman–Crippen LogP) is 4.84. The zero-order valence-corrected chi connectivity index (χ0v) is 24.0. The molecule has 1 aromatic carbocycles. The molecule has 6 aromatic rings. The van der Waals surface area contributed by atoms with E-state index >= 15 is 4.39 Å². The number of halogens is 2. The molecule has 222 valence electrons. The molecular formula is C30H24F2N8O3S. The number of sulfone groups is 1. The number of pyridine rings is 3. The van der Waals surface area contributed by atoms with Gasteiger partial charge >= 0.3 is 0 Å². The van der Waals surface area contributed by atoms with Crippen molar-refractivity contribution in [1.29, 1.82) is 0 Å². The second-order valence-corrected chi connectivity index (χ2v) is 13.1. The highest BCUT2D eigenvalue weighted by molar-refractivity contribution is 7.90. The highest BCUT2D eigenvalue weighted by Gasteiger charge is 2.29. The number of anilines is 1. The summed E-state index contributed by atoms with van der Waals surface area (Å²) in [6, 6.07) is 7.60. The van der Waals surface area contributed by atoms with Crippen LogP contribution in [-0.2, 0) is 21.1 Å². The number of imidazole rings is 1. The molecule has 7 rings (SSSR count). The molecule has 5 heterocycles. The molecule has 0 unspecified atom stereocenters. The third kappa shape index (κ3) is 5.39. The molecular weight excluding hydrogens is 590 g/mol. The van der Waals surface area contributed by atoms with Crippen LogP contribution in [0.2, 0.25) is 0 Å². The highest BCUT2D eigenvalue weighted by atomic mass is 32.2. The van der Waals surface area contributed by atoms with E-state index in [4.69, 9.17) is 0 Å². The van der Waals surface area contributed by atoms with Crippen LogP contribution in [-0.4, -0.2) is 61.5 Å². The molecule has 1 fully saturated rings. The fourth-order valence-electron chi connectivity index (χ4n) is 5.07. The lowest BCUT2D eigenvalue weighted by molar-refractivity contribution is -0.117. The number of nitrogens with zero attached hydrogens (tertiary/aromatic N) is 5. The van der Waals surface area contributed by atoms with Gasteiger partial charge in [-0.25, -0.2) is 27.2 Å². The first kappa shape index (κ1) is 27.7. The van der Waals surface area contributed by atoms with E-state index in [-0.39, 0.29) is 52.1 Å². The third-order valence-corrected chi connectivity index (χ3v) is 8.36. The third-order valence-electron chi connectivity index (χ3n) is 7.41. The van der Waals surface area contributed by atoms with E-state index in [2.05, 4.69) is 40.4 Å². The second kappa shape index (κ2) is 10.6. The number of carbonyl (C=O) groups excluding carboxylic acids is 1. The Morgan fingerprint density at radius 1 is 1.07 bits per heavy atom. The number of hydrogen-bond donors (Lipinski definition) is 3. The Hall–Kier alpha value is -5.11. The van der Waals surface area contributed by atoms with Gasteiger partial charge in [0.25, 0.3) is 0 Å².